The van der Waals surface area contributed by atoms with Crippen molar-refractivity contribution in [2.75, 3.05) is 24.3 Å². The van der Waals surface area contributed by atoms with E-state index in [1.165, 1.54) is 10.6 Å². The molecule has 9 heteroatoms. The summed E-state index contributed by atoms with van der Waals surface area (Å²) in [4.78, 5) is 3.49. The molecule has 0 fully saturated rings. The number of aromatic nitrogens is 1. The Labute approximate surface area is 244 Å². The fourth-order valence-electron chi connectivity index (χ4n) is 4.61. The molecule has 40 heavy (non-hydrogen) atoms. The van der Waals surface area contributed by atoms with Crippen molar-refractivity contribution in [1.29, 1.82) is 0 Å². The first-order valence-electron chi connectivity index (χ1n) is 13.0. The van der Waals surface area contributed by atoms with Crippen LogP contribution in [0.15, 0.2) is 88.1 Å². The lowest BCUT2D eigenvalue weighted by molar-refractivity contribution is -0.683. The highest BCUT2D eigenvalue weighted by atomic mass is 32.2. The third kappa shape index (κ3) is 6.67. The van der Waals surface area contributed by atoms with Crippen LogP contribution in [0.25, 0.3) is 29.5 Å². The Morgan fingerprint density at radius 2 is 1.73 bits per heavy atom. The first kappa shape index (κ1) is 28.2. The van der Waals surface area contributed by atoms with Crippen LogP contribution in [0.4, 0.5) is 5.69 Å². The summed E-state index contributed by atoms with van der Waals surface area (Å²) in [6, 6.07) is 24.5. The van der Waals surface area contributed by atoms with E-state index >= 15 is 0 Å². The minimum absolute atomic E-state index is 0.262. The van der Waals surface area contributed by atoms with Gasteiger partial charge in [-0.1, -0.05) is 71.6 Å². The molecule has 206 valence electrons. The van der Waals surface area contributed by atoms with Gasteiger partial charge < -0.3 is 14.2 Å². The van der Waals surface area contributed by atoms with Crippen LogP contribution in [0.3, 0.4) is 0 Å². The molecule has 3 aromatic carbocycles. The van der Waals surface area contributed by atoms with Gasteiger partial charge in [0.25, 0.3) is 5.01 Å². The SMILES string of the molecule is CCN1/C(=C\c2scc(-c3ccccc3)[n+]2CCCS(=O)(=O)[O-])Sc2cc(/C=C/c3ccc(OC)cc3)ccc21. The zero-order chi connectivity index (χ0) is 28.1. The molecule has 0 amide bonds. The first-order chi connectivity index (χ1) is 19.3. The Balaban J connectivity index is 1.42. The van der Waals surface area contributed by atoms with Gasteiger partial charge in [0.05, 0.1) is 39.4 Å². The summed E-state index contributed by atoms with van der Waals surface area (Å²) in [6.45, 7) is 3.40. The smallest absolute Gasteiger partial charge is 0.264 e. The largest absolute Gasteiger partial charge is 0.748 e. The molecular weight excluding hydrogens is 561 g/mol. The molecule has 1 aliphatic rings. The quantitative estimate of drug-likeness (QED) is 0.116. The predicted molar refractivity (Wildman–Crippen MR) is 164 cm³/mol. The summed E-state index contributed by atoms with van der Waals surface area (Å²) >= 11 is 3.35. The summed E-state index contributed by atoms with van der Waals surface area (Å²) in [5.41, 5.74) is 5.46. The molecule has 1 aliphatic heterocycles. The van der Waals surface area contributed by atoms with E-state index in [1.807, 2.05) is 54.6 Å². The lowest BCUT2D eigenvalue weighted by atomic mass is 10.1. The van der Waals surface area contributed by atoms with Crippen molar-refractivity contribution in [2.45, 2.75) is 24.8 Å². The molecule has 5 rings (SSSR count). The average molecular weight is 591 g/mol. The number of thiazole rings is 1. The maximum Gasteiger partial charge on any atom is 0.264 e. The topological polar surface area (TPSA) is 73.6 Å². The predicted octanol–water partition coefficient (Wildman–Crippen LogP) is 6.75. The minimum atomic E-state index is -4.27. The number of anilines is 1. The number of hydrogen-bond acceptors (Lipinski definition) is 7. The van der Waals surface area contributed by atoms with Crippen LogP contribution in [0, 0.1) is 0 Å². The molecule has 2 heterocycles. The van der Waals surface area contributed by atoms with Crippen LogP contribution in [-0.4, -0.2) is 32.4 Å². The van der Waals surface area contributed by atoms with Crippen LogP contribution < -0.4 is 14.2 Å². The second-order valence-corrected chi connectivity index (χ2v) is 12.7. The Kier molecular flexibility index (Phi) is 8.75. The number of ether oxygens (including phenoxy) is 1. The molecular formula is C31H30N2O4S3. The third-order valence-electron chi connectivity index (χ3n) is 6.60. The van der Waals surface area contributed by atoms with Crippen molar-refractivity contribution in [3.05, 3.63) is 99.3 Å². The van der Waals surface area contributed by atoms with E-state index in [4.69, 9.17) is 4.74 Å². The summed E-state index contributed by atoms with van der Waals surface area (Å²) in [5, 5.41) is 4.22. The maximum atomic E-state index is 11.3. The number of hydrogen-bond donors (Lipinski definition) is 0. The van der Waals surface area contributed by atoms with Gasteiger partial charge in [-0.15, -0.1) is 0 Å². The van der Waals surface area contributed by atoms with Gasteiger partial charge >= 0.3 is 0 Å². The number of thioether (sulfide) groups is 1. The Morgan fingerprint density at radius 3 is 2.42 bits per heavy atom. The molecule has 4 aromatic rings. The van der Waals surface area contributed by atoms with E-state index < -0.39 is 10.1 Å². The fourth-order valence-corrected chi connectivity index (χ4v) is 7.37. The van der Waals surface area contributed by atoms with E-state index in [0.29, 0.717) is 6.54 Å². The van der Waals surface area contributed by atoms with Gasteiger partial charge in [0.1, 0.15) is 5.75 Å². The molecule has 0 aliphatic carbocycles. The zero-order valence-corrected chi connectivity index (χ0v) is 24.8. The first-order valence-corrected chi connectivity index (χ1v) is 16.3. The van der Waals surface area contributed by atoms with E-state index in [2.05, 4.69) is 58.2 Å². The van der Waals surface area contributed by atoms with Gasteiger partial charge in [0.15, 0.2) is 6.54 Å². The highest BCUT2D eigenvalue weighted by molar-refractivity contribution is 8.03. The number of fused-ring (bicyclic) bond motifs is 1. The van der Waals surface area contributed by atoms with Crippen LogP contribution in [0.1, 0.15) is 29.5 Å². The Morgan fingerprint density at radius 1 is 1.00 bits per heavy atom. The summed E-state index contributed by atoms with van der Waals surface area (Å²) in [5.74, 6) is 0.456. The second-order valence-electron chi connectivity index (χ2n) is 9.25. The van der Waals surface area contributed by atoms with Gasteiger partial charge in [-0.05, 0) is 54.4 Å². The number of methoxy groups -OCH3 is 1. The molecule has 1 aromatic heterocycles. The molecule has 0 bridgehead atoms. The van der Waals surface area contributed by atoms with E-state index in [-0.39, 0.29) is 12.2 Å². The molecule has 0 radical (unpaired) electrons. The molecule has 0 N–H and O–H groups in total. The van der Waals surface area contributed by atoms with Crippen LogP contribution in [0.2, 0.25) is 0 Å². The summed E-state index contributed by atoms with van der Waals surface area (Å²) in [7, 11) is -2.60. The highest BCUT2D eigenvalue weighted by Crippen LogP contribution is 2.47. The van der Waals surface area contributed by atoms with Crippen LogP contribution in [-0.2, 0) is 16.7 Å². The van der Waals surface area contributed by atoms with Gasteiger partial charge in [0, 0.05) is 29.2 Å². The minimum Gasteiger partial charge on any atom is -0.748 e. The van der Waals surface area contributed by atoms with Crippen LogP contribution >= 0.6 is 23.1 Å². The molecule has 0 atom stereocenters. The lowest BCUT2D eigenvalue weighted by Gasteiger charge is -2.17. The summed E-state index contributed by atoms with van der Waals surface area (Å²) in [6.07, 6.45) is 6.64. The zero-order valence-electron chi connectivity index (χ0n) is 22.3. The van der Waals surface area contributed by atoms with Gasteiger partial charge in [-0.2, -0.15) is 4.57 Å². The maximum absolute atomic E-state index is 11.3. The van der Waals surface area contributed by atoms with Crippen molar-refractivity contribution >= 4 is 57.1 Å². The van der Waals surface area contributed by atoms with Gasteiger partial charge in [-0.3, -0.25) is 0 Å². The summed E-state index contributed by atoms with van der Waals surface area (Å²) < 4.78 is 41.2. The number of benzene rings is 3. The van der Waals surface area contributed by atoms with Crippen molar-refractivity contribution in [3.63, 3.8) is 0 Å². The second kappa shape index (κ2) is 12.4. The van der Waals surface area contributed by atoms with Crippen LogP contribution in [0.5, 0.6) is 5.75 Å². The molecule has 0 spiro atoms. The monoisotopic (exact) mass is 590 g/mol. The number of rotatable bonds is 10. The normalized spacial score (nSPS) is 14.3. The third-order valence-corrected chi connectivity index (χ3v) is 9.40. The Bertz CT molecular complexity index is 1640. The molecule has 0 saturated heterocycles. The average Bonchev–Trinajstić information content (AvgIpc) is 3.52. The fraction of sp³-hybridized carbons (Fsp3) is 0.194. The Hall–Kier alpha value is -3.37. The van der Waals surface area contributed by atoms with E-state index in [9.17, 15) is 13.0 Å². The highest BCUT2D eigenvalue weighted by Gasteiger charge is 2.27. The van der Waals surface area contributed by atoms with Crippen molar-refractivity contribution in [3.8, 4) is 17.0 Å². The molecule has 0 saturated carbocycles. The van der Waals surface area contributed by atoms with E-state index in [1.54, 1.807) is 30.2 Å². The van der Waals surface area contributed by atoms with Crippen molar-refractivity contribution in [1.82, 2.24) is 0 Å². The van der Waals surface area contributed by atoms with Gasteiger partial charge in [-0.25, -0.2) is 8.42 Å². The number of nitrogens with zero attached hydrogens (tertiary/aromatic N) is 2. The molecule has 0 unspecified atom stereocenters. The van der Waals surface area contributed by atoms with Gasteiger partial charge in [0.2, 0.25) is 5.69 Å². The van der Waals surface area contributed by atoms with E-state index in [0.717, 1.165) is 44.7 Å². The van der Waals surface area contributed by atoms with Crippen molar-refractivity contribution in [2.24, 2.45) is 0 Å². The lowest BCUT2D eigenvalue weighted by Crippen LogP contribution is -2.37. The van der Waals surface area contributed by atoms with Crippen molar-refractivity contribution < 1.29 is 22.3 Å². The molecule has 6 nitrogen and oxygen atoms in total. The standard InChI is InChI=1S/C31H30N2O4S3/c1-3-32-27-17-14-24(11-10-23-12-15-26(37-2)16-13-23)20-29(27)39-31(32)21-30-33(18-7-19-40(34,35)36)28(22-38-30)25-8-5-4-6-9-25/h4-6,8-17,20-22H,3,7,18-19H2,1-2H3/b11-10+.